The maximum absolute atomic E-state index is 14.1. The van der Waals surface area contributed by atoms with Crippen molar-refractivity contribution in [2.24, 2.45) is 10.8 Å². The highest BCUT2D eigenvalue weighted by atomic mass is 32.2. The van der Waals surface area contributed by atoms with Crippen molar-refractivity contribution in [3.8, 4) is 11.5 Å². The van der Waals surface area contributed by atoms with E-state index in [4.69, 9.17) is 22.4 Å². The molecule has 0 amide bonds. The summed E-state index contributed by atoms with van der Waals surface area (Å²) in [6.45, 7) is 27.8. The van der Waals surface area contributed by atoms with Gasteiger partial charge >= 0.3 is 0 Å². The maximum Gasteiger partial charge on any atom is 0.179 e. The molecule has 6 fully saturated rings. The summed E-state index contributed by atoms with van der Waals surface area (Å²) < 4.78 is 98.4. The van der Waals surface area contributed by atoms with Gasteiger partial charge in [-0.25, -0.2) is 25.3 Å². The van der Waals surface area contributed by atoms with Crippen LogP contribution < -0.4 is 19.3 Å². The molecule has 4 bridgehead atoms. The number of hydrogen-bond donors (Lipinski definition) is 2. The van der Waals surface area contributed by atoms with Gasteiger partial charge in [-0.05, 0) is 134 Å². The first-order valence-corrected chi connectivity index (χ1v) is 40.3. The van der Waals surface area contributed by atoms with Crippen molar-refractivity contribution in [2.75, 3.05) is 161 Å². The molecule has 17 nitrogen and oxygen atoms in total. The highest BCUT2D eigenvalue weighted by Crippen LogP contribution is 2.52. The van der Waals surface area contributed by atoms with Gasteiger partial charge in [0.1, 0.15) is 11.5 Å². The third kappa shape index (κ3) is 19.5. The summed E-state index contributed by atoms with van der Waals surface area (Å²) in [6.07, 6.45) is 13.7. The van der Waals surface area contributed by atoms with Crippen LogP contribution in [-0.2, 0) is 29.8 Å². The number of hydrogen-bond acceptors (Lipinski definition) is 15. The Hall–Kier alpha value is -4.35. The molecule has 0 saturated carbocycles. The van der Waals surface area contributed by atoms with Gasteiger partial charge in [0.25, 0.3) is 0 Å². The third-order valence-corrected chi connectivity index (χ3v) is 25.7. The number of ether oxygens (including phenoxy) is 2. The Kier molecular flexibility index (Phi) is 27.8. The molecule has 12 rings (SSSR count). The molecule has 0 spiro atoms. The molecule has 0 aliphatic carbocycles. The Bertz CT molecular complexity index is 3090. The van der Waals surface area contributed by atoms with E-state index in [0.717, 1.165) is 98.2 Å². The molecule has 8 aliphatic rings. The predicted octanol–water partition coefficient (Wildman–Crippen LogP) is 11.2. The number of quaternary nitrogens is 2. The van der Waals surface area contributed by atoms with E-state index in [1.165, 1.54) is 113 Å². The van der Waals surface area contributed by atoms with Crippen LogP contribution in [-0.4, -0.2) is 222 Å². The van der Waals surface area contributed by atoms with Crippen LogP contribution in [0.3, 0.4) is 0 Å². The molecule has 0 unspecified atom stereocenters. The molecule has 8 aliphatic heterocycles. The lowest BCUT2D eigenvalue weighted by atomic mass is 9.68. The fourth-order valence-electron chi connectivity index (χ4n) is 15.9. The van der Waals surface area contributed by atoms with E-state index in [1.54, 1.807) is 12.1 Å². The molecule has 4 atom stereocenters. The molecule has 0 radical (unpaired) electrons. The number of rotatable bonds is 28. The van der Waals surface area contributed by atoms with Crippen LogP contribution in [0.1, 0.15) is 172 Å². The second-order valence-electron chi connectivity index (χ2n) is 28.8. The Morgan fingerprint density at radius 3 is 1.09 bits per heavy atom. The van der Waals surface area contributed by atoms with Gasteiger partial charge < -0.3 is 43.0 Å². The van der Waals surface area contributed by atoms with Gasteiger partial charge in [-0.2, -0.15) is 0 Å². The summed E-state index contributed by atoms with van der Waals surface area (Å²) in [5.74, 6) is 0.756. The van der Waals surface area contributed by atoms with Gasteiger partial charge in [-0.15, -0.1) is 0 Å². The van der Waals surface area contributed by atoms with Crippen LogP contribution in [0.5, 0.6) is 11.5 Å². The fourth-order valence-corrected chi connectivity index (χ4v) is 20.3. The topological polar surface area (TPSA) is 197 Å². The van der Waals surface area contributed by atoms with E-state index in [1.807, 2.05) is 111 Å². The number of nitrogens with zero attached hydrogens (tertiary/aromatic N) is 6. The van der Waals surface area contributed by atoms with Crippen LogP contribution >= 0.6 is 0 Å². The van der Waals surface area contributed by atoms with Crippen molar-refractivity contribution >= 4 is 41.2 Å². The second-order valence-corrected chi connectivity index (χ2v) is 34.2. The van der Waals surface area contributed by atoms with Crippen LogP contribution in [0.25, 0.3) is 0 Å². The lowest BCUT2D eigenvalue weighted by molar-refractivity contribution is -0.941. The number of unbranched alkanes of at least 4 members (excludes halogenated alkanes) is 6. The first-order valence-electron chi connectivity index (χ1n) is 35.2. The minimum atomic E-state index is -3.92. The smallest absolute Gasteiger partial charge is 0.179 e. The third-order valence-electron chi connectivity index (χ3n) is 21.7. The first-order chi connectivity index (χ1) is 44.2. The Morgan fingerprint density at radius 2 is 0.809 bits per heavy atom. The zero-order chi connectivity index (χ0) is 67.2. The SMILES string of the molecule is C.CCCCC1(CCCC)CS(=O)(=O)c2ccc(N(C)C)cc2[C@@H](c2ccc(OCCCC[N+]34CCN(CC3)CC4)cc2)[C@H]1O.CCCCC1(CCCC)CS(=O)(=O)c2ccc(N(C)C)cc2[C@@H](c2ccc(OCCCC[N+]34CCN(CC3)CC4)cc2)[C@H]1O.CS(=O)(=O)[O-]. The standard InChI is InChI=1S/2C36H56N3O4S.CH4O3S.CH4/c2*1-5-7-17-36(18-8-6-2)28-44(41,42)33-16-13-30(37(3)4)27-32(33)34(35(36)40)29-11-14-31(15-12-29)43-26-10-9-22-39-23-19-38(20-24-39)21-25-39;1-5(2,3)4;/h2*11-16,27,34-35,40H,5-10,17-26,28H2,1-4H3;1H3,(H,2,3,4);1H4/q2*+1;;/p-1/t2*34-,35-;;/m11../s1. The zero-order valence-corrected chi connectivity index (χ0v) is 60.4. The molecule has 20 heteroatoms. The van der Waals surface area contributed by atoms with Crippen molar-refractivity contribution < 1.29 is 58.5 Å². The highest BCUT2D eigenvalue weighted by Gasteiger charge is 2.51. The molecular weight excluding hydrogens is 1250 g/mol. The van der Waals surface area contributed by atoms with Crippen molar-refractivity contribution in [1.82, 2.24) is 9.80 Å². The minimum Gasteiger partial charge on any atom is -0.748 e. The van der Waals surface area contributed by atoms with Crippen LogP contribution in [0.4, 0.5) is 11.4 Å². The lowest BCUT2D eigenvalue weighted by Gasteiger charge is -2.50. The zero-order valence-electron chi connectivity index (χ0n) is 57.9. The maximum atomic E-state index is 14.1. The van der Waals surface area contributed by atoms with E-state index in [2.05, 4.69) is 37.5 Å². The van der Waals surface area contributed by atoms with E-state index < -0.39 is 64.7 Å². The molecular formula is C74H119N6O11S3+. The molecule has 528 valence electrons. The second kappa shape index (κ2) is 33.9. The summed E-state index contributed by atoms with van der Waals surface area (Å²) in [4.78, 5) is 9.91. The summed E-state index contributed by atoms with van der Waals surface area (Å²) in [6, 6.07) is 27.5. The van der Waals surface area contributed by atoms with Gasteiger partial charge in [0.2, 0.25) is 0 Å². The molecule has 4 aromatic carbocycles. The Balaban J connectivity index is 0.000000246. The van der Waals surface area contributed by atoms with Crippen LogP contribution in [0.15, 0.2) is 94.7 Å². The molecule has 6 saturated heterocycles. The number of benzene rings is 4. The monoisotopic (exact) mass is 1360 g/mol. The average molecular weight is 1360 g/mol. The number of aliphatic hydroxyl groups excluding tert-OH is 2. The number of fused-ring (bicyclic) bond motifs is 8. The van der Waals surface area contributed by atoms with Crippen molar-refractivity contribution in [3.05, 3.63) is 107 Å². The normalized spacial score (nSPS) is 25.9. The Morgan fingerprint density at radius 1 is 0.511 bits per heavy atom. The van der Waals surface area contributed by atoms with E-state index in [9.17, 15) is 27.0 Å². The number of sulfone groups is 2. The summed E-state index contributed by atoms with van der Waals surface area (Å²) in [7, 11) is -3.27. The fraction of sp³-hybridized carbons (Fsp3) is 0.676. The van der Waals surface area contributed by atoms with Crippen molar-refractivity contribution in [1.29, 1.82) is 0 Å². The van der Waals surface area contributed by atoms with Crippen molar-refractivity contribution in [2.45, 2.75) is 172 Å². The Labute approximate surface area is 568 Å². The summed E-state index contributed by atoms with van der Waals surface area (Å²) >= 11 is 0. The van der Waals surface area contributed by atoms with Gasteiger partial charge in [0, 0.05) is 108 Å². The van der Waals surface area contributed by atoms with Gasteiger partial charge in [-0.3, -0.25) is 9.80 Å². The molecule has 94 heavy (non-hydrogen) atoms. The summed E-state index contributed by atoms with van der Waals surface area (Å²) in [5.41, 5.74) is 3.76. The predicted molar refractivity (Wildman–Crippen MR) is 381 cm³/mol. The molecule has 0 aromatic heterocycles. The minimum absolute atomic E-state index is 0. The molecule has 4 aromatic rings. The molecule has 2 N–H and O–H groups in total. The van der Waals surface area contributed by atoms with Gasteiger partial charge in [0.05, 0.1) is 109 Å². The van der Waals surface area contributed by atoms with Crippen LogP contribution in [0.2, 0.25) is 0 Å². The quantitative estimate of drug-likeness (QED) is 0.0309. The summed E-state index contributed by atoms with van der Waals surface area (Å²) in [5, 5.41) is 24.8. The van der Waals surface area contributed by atoms with Gasteiger partial charge in [-0.1, -0.05) is 111 Å². The number of aliphatic hydroxyl groups is 2. The van der Waals surface area contributed by atoms with Gasteiger partial charge in [0.15, 0.2) is 19.7 Å². The van der Waals surface area contributed by atoms with Crippen LogP contribution in [0, 0.1) is 10.8 Å². The van der Waals surface area contributed by atoms with E-state index in [-0.39, 0.29) is 18.9 Å². The average Bonchev–Trinajstić information content (AvgIpc) is 1.59. The highest BCUT2D eigenvalue weighted by molar-refractivity contribution is 7.91. The lowest BCUT2D eigenvalue weighted by Crippen LogP contribution is -2.67. The van der Waals surface area contributed by atoms with E-state index in [0.29, 0.717) is 66.1 Å². The number of piperazine rings is 6. The largest absolute Gasteiger partial charge is 0.748 e. The number of anilines is 2. The van der Waals surface area contributed by atoms with Crippen molar-refractivity contribution in [3.63, 3.8) is 0 Å². The van der Waals surface area contributed by atoms with E-state index >= 15 is 0 Å². The first kappa shape index (κ1) is 77.0. The molecule has 8 heterocycles.